The van der Waals surface area contributed by atoms with Crippen LogP contribution in [0, 0.1) is 24.0 Å². The summed E-state index contributed by atoms with van der Waals surface area (Å²) in [6.07, 6.45) is 1.12. The van der Waals surface area contributed by atoms with Crippen molar-refractivity contribution in [3.8, 4) is 17.0 Å². The minimum atomic E-state index is -0.520. The van der Waals surface area contributed by atoms with Gasteiger partial charge in [-0.2, -0.15) is 0 Å². The number of ether oxygens (including phenoxy) is 1. The van der Waals surface area contributed by atoms with Gasteiger partial charge >= 0.3 is 5.69 Å². The lowest BCUT2D eigenvalue weighted by molar-refractivity contribution is -0.384. The van der Waals surface area contributed by atoms with Crippen molar-refractivity contribution >= 4 is 11.6 Å². The molecule has 2 aromatic rings. The van der Waals surface area contributed by atoms with Gasteiger partial charge in [-0.1, -0.05) is 0 Å². The summed E-state index contributed by atoms with van der Waals surface area (Å²) in [5.74, 6) is 0.717. The number of nitrogen functional groups attached to an aromatic ring is 1. The van der Waals surface area contributed by atoms with E-state index in [0.29, 0.717) is 5.56 Å². The number of methoxy groups -OCH3 is 1. The second-order valence-electron chi connectivity index (χ2n) is 4.36. The third-order valence-corrected chi connectivity index (χ3v) is 2.98. The number of benzene rings is 1. The first-order valence-corrected chi connectivity index (χ1v) is 5.86. The first-order chi connectivity index (χ1) is 9.43. The largest absolute Gasteiger partial charge is 0.496 e. The molecule has 0 amide bonds. The molecule has 0 spiro atoms. The van der Waals surface area contributed by atoms with Gasteiger partial charge in [-0.3, -0.25) is 10.1 Å². The van der Waals surface area contributed by atoms with Crippen molar-refractivity contribution in [2.24, 2.45) is 0 Å². The van der Waals surface area contributed by atoms with E-state index in [1.165, 1.54) is 0 Å². The molecule has 1 aromatic heterocycles. The maximum absolute atomic E-state index is 11.1. The Kier molecular flexibility index (Phi) is 3.51. The highest BCUT2D eigenvalue weighted by Crippen LogP contribution is 2.33. The molecule has 1 aromatic carbocycles. The number of nitrogens with two attached hydrogens (primary N) is 1. The van der Waals surface area contributed by atoms with Gasteiger partial charge in [0.15, 0.2) is 5.69 Å². The summed E-state index contributed by atoms with van der Waals surface area (Å²) >= 11 is 0. The number of nitro groups is 1. The molecule has 2 N–H and O–H groups in total. The Balaban J connectivity index is 2.71. The van der Waals surface area contributed by atoms with Crippen LogP contribution in [0.2, 0.25) is 0 Å². The van der Waals surface area contributed by atoms with E-state index in [9.17, 15) is 10.1 Å². The first-order valence-electron chi connectivity index (χ1n) is 5.86. The van der Waals surface area contributed by atoms with Crippen LogP contribution >= 0.6 is 0 Å². The standard InChI is InChI=1S/C13H14N4O3/c1-7-5-11(20-3)8(2)4-9(7)12-10(17(18)19)6-15-13(14)16-12/h4-6H,1-3H3,(H2,14,15,16). The van der Waals surface area contributed by atoms with Gasteiger partial charge in [-0.05, 0) is 37.1 Å². The number of aromatic nitrogens is 2. The summed E-state index contributed by atoms with van der Waals surface area (Å²) in [5.41, 5.74) is 7.90. The molecular weight excluding hydrogens is 260 g/mol. The first kappa shape index (κ1) is 13.7. The maximum Gasteiger partial charge on any atom is 0.313 e. The highest BCUT2D eigenvalue weighted by molar-refractivity contribution is 5.74. The van der Waals surface area contributed by atoms with Crippen LogP contribution in [0.4, 0.5) is 11.6 Å². The Morgan fingerprint density at radius 1 is 1.30 bits per heavy atom. The fourth-order valence-corrected chi connectivity index (χ4v) is 1.99. The number of hydrogen-bond acceptors (Lipinski definition) is 6. The monoisotopic (exact) mass is 274 g/mol. The molecule has 2 rings (SSSR count). The van der Waals surface area contributed by atoms with Crippen LogP contribution in [0.5, 0.6) is 5.75 Å². The molecular formula is C13H14N4O3. The highest BCUT2D eigenvalue weighted by Gasteiger charge is 2.20. The number of anilines is 1. The zero-order valence-electron chi connectivity index (χ0n) is 11.4. The predicted molar refractivity (Wildman–Crippen MR) is 74.6 cm³/mol. The van der Waals surface area contributed by atoms with Crippen molar-refractivity contribution in [2.75, 3.05) is 12.8 Å². The van der Waals surface area contributed by atoms with Crippen LogP contribution in [0.15, 0.2) is 18.3 Å². The SMILES string of the molecule is COc1cc(C)c(-c2nc(N)ncc2[N+](=O)[O-])cc1C. The van der Waals surface area contributed by atoms with Crippen molar-refractivity contribution in [1.82, 2.24) is 9.97 Å². The van der Waals surface area contributed by atoms with Crippen LogP contribution in [0.25, 0.3) is 11.3 Å². The Bertz CT molecular complexity index is 686. The number of hydrogen-bond donors (Lipinski definition) is 1. The normalized spacial score (nSPS) is 10.3. The molecule has 0 saturated heterocycles. The number of aryl methyl sites for hydroxylation is 2. The van der Waals surface area contributed by atoms with Crippen LogP contribution in [-0.4, -0.2) is 22.0 Å². The van der Waals surface area contributed by atoms with E-state index in [4.69, 9.17) is 10.5 Å². The molecule has 1 heterocycles. The van der Waals surface area contributed by atoms with E-state index in [-0.39, 0.29) is 17.3 Å². The zero-order valence-corrected chi connectivity index (χ0v) is 11.4. The fourth-order valence-electron chi connectivity index (χ4n) is 1.99. The van der Waals surface area contributed by atoms with Crippen molar-refractivity contribution in [3.05, 3.63) is 39.6 Å². The molecule has 7 heteroatoms. The summed E-state index contributed by atoms with van der Waals surface area (Å²) in [4.78, 5) is 18.2. The van der Waals surface area contributed by atoms with Crippen LogP contribution < -0.4 is 10.5 Å². The van der Waals surface area contributed by atoms with Gasteiger partial charge < -0.3 is 10.5 Å². The molecule has 0 atom stereocenters. The van der Waals surface area contributed by atoms with Gasteiger partial charge in [0.05, 0.1) is 12.0 Å². The molecule has 0 aliphatic carbocycles. The highest BCUT2D eigenvalue weighted by atomic mass is 16.6. The molecule has 0 bridgehead atoms. The Morgan fingerprint density at radius 2 is 2.00 bits per heavy atom. The van der Waals surface area contributed by atoms with Gasteiger partial charge in [-0.15, -0.1) is 0 Å². The Morgan fingerprint density at radius 3 is 2.60 bits per heavy atom. The molecule has 0 radical (unpaired) electrons. The average Bonchev–Trinajstić information content (AvgIpc) is 2.40. The Hall–Kier alpha value is -2.70. The summed E-state index contributed by atoms with van der Waals surface area (Å²) < 4.78 is 5.23. The van der Waals surface area contributed by atoms with E-state index < -0.39 is 4.92 Å². The summed E-state index contributed by atoms with van der Waals surface area (Å²) in [5, 5.41) is 11.1. The molecule has 0 aliphatic rings. The van der Waals surface area contributed by atoms with E-state index in [0.717, 1.165) is 23.1 Å². The average molecular weight is 274 g/mol. The molecule has 0 fully saturated rings. The van der Waals surface area contributed by atoms with Crippen LogP contribution in [0.3, 0.4) is 0 Å². The van der Waals surface area contributed by atoms with Crippen molar-refractivity contribution < 1.29 is 9.66 Å². The summed E-state index contributed by atoms with van der Waals surface area (Å²) in [7, 11) is 1.58. The maximum atomic E-state index is 11.1. The van der Waals surface area contributed by atoms with E-state index in [1.54, 1.807) is 13.2 Å². The zero-order chi connectivity index (χ0) is 14.9. The number of nitrogens with zero attached hydrogens (tertiary/aromatic N) is 3. The fraction of sp³-hybridized carbons (Fsp3) is 0.231. The molecule has 0 unspecified atom stereocenters. The number of rotatable bonds is 3. The van der Waals surface area contributed by atoms with E-state index >= 15 is 0 Å². The van der Waals surface area contributed by atoms with Gasteiger partial charge in [0, 0.05) is 5.56 Å². The van der Waals surface area contributed by atoms with Crippen LogP contribution in [0.1, 0.15) is 11.1 Å². The minimum absolute atomic E-state index is 0.00142. The van der Waals surface area contributed by atoms with Gasteiger partial charge in [0.25, 0.3) is 0 Å². The van der Waals surface area contributed by atoms with Gasteiger partial charge in [-0.25, -0.2) is 9.97 Å². The van der Waals surface area contributed by atoms with Gasteiger partial charge in [0.2, 0.25) is 5.95 Å². The lowest BCUT2D eigenvalue weighted by Gasteiger charge is -2.11. The summed E-state index contributed by atoms with van der Waals surface area (Å²) in [6, 6.07) is 3.61. The van der Waals surface area contributed by atoms with E-state index in [1.807, 2.05) is 19.9 Å². The molecule has 0 aliphatic heterocycles. The smallest absolute Gasteiger partial charge is 0.313 e. The third-order valence-electron chi connectivity index (χ3n) is 2.98. The minimum Gasteiger partial charge on any atom is -0.496 e. The third kappa shape index (κ3) is 2.37. The predicted octanol–water partition coefficient (Wildman–Crippen LogP) is 2.26. The summed E-state index contributed by atoms with van der Waals surface area (Å²) in [6.45, 7) is 3.69. The quantitative estimate of drug-likeness (QED) is 0.680. The van der Waals surface area contributed by atoms with E-state index in [2.05, 4.69) is 9.97 Å². The molecule has 104 valence electrons. The molecule has 20 heavy (non-hydrogen) atoms. The lowest BCUT2D eigenvalue weighted by Crippen LogP contribution is -2.02. The van der Waals surface area contributed by atoms with Crippen LogP contribution in [-0.2, 0) is 0 Å². The topological polar surface area (TPSA) is 104 Å². The lowest BCUT2D eigenvalue weighted by atomic mass is 10.0. The van der Waals surface area contributed by atoms with Crippen molar-refractivity contribution in [2.45, 2.75) is 13.8 Å². The van der Waals surface area contributed by atoms with Crippen molar-refractivity contribution in [1.29, 1.82) is 0 Å². The van der Waals surface area contributed by atoms with Gasteiger partial charge in [0.1, 0.15) is 11.9 Å². The second kappa shape index (κ2) is 5.12. The molecule has 0 saturated carbocycles. The second-order valence-corrected chi connectivity index (χ2v) is 4.36. The van der Waals surface area contributed by atoms with Crippen molar-refractivity contribution in [3.63, 3.8) is 0 Å². The molecule has 7 nitrogen and oxygen atoms in total. The Labute approximate surface area is 115 Å².